The normalized spacial score (nSPS) is 10.5. The van der Waals surface area contributed by atoms with Crippen molar-refractivity contribution < 1.29 is 4.39 Å². The molecule has 0 atom stereocenters. The first kappa shape index (κ1) is 12.1. The lowest BCUT2D eigenvalue weighted by molar-refractivity contribution is 0.627. The second-order valence-corrected chi connectivity index (χ2v) is 4.48. The van der Waals surface area contributed by atoms with Crippen LogP contribution in [-0.4, -0.2) is 17.0 Å². The fourth-order valence-corrected chi connectivity index (χ4v) is 1.96. The largest absolute Gasteiger partial charge is 0.314 e. The molecule has 0 fully saturated rings. The van der Waals surface area contributed by atoms with Gasteiger partial charge in [0.05, 0.1) is 5.69 Å². The van der Waals surface area contributed by atoms with E-state index in [1.807, 2.05) is 13.1 Å². The van der Waals surface area contributed by atoms with E-state index < -0.39 is 0 Å². The van der Waals surface area contributed by atoms with Gasteiger partial charge in [-0.15, -0.1) is 0 Å². The molecule has 1 aromatic carbocycles. The number of nitrogens with zero attached hydrogens (tertiary/aromatic N) is 2. The Morgan fingerprint density at radius 2 is 2.18 bits per heavy atom. The first-order valence-corrected chi connectivity index (χ1v) is 5.91. The molecule has 0 saturated heterocycles. The van der Waals surface area contributed by atoms with Crippen molar-refractivity contribution in [1.82, 2.24) is 15.3 Å². The molecule has 5 heteroatoms. The van der Waals surface area contributed by atoms with Crippen LogP contribution in [0.15, 0.2) is 34.9 Å². The van der Waals surface area contributed by atoms with E-state index >= 15 is 0 Å². The second kappa shape index (κ2) is 5.33. The Morgan fingerprint density at radius 3 is 2.88 bits per heavy atom. The molecule has 0 aliphatic rings. The standard InChI is InChI=1S/C12H11BrFN3/c1-15-7-11-2-3-16-12(17-11)8-4-9(13)6-10(14)5-8/h2-6,15H,7H2,1H3. The highest BCUT2D eigenvalue weighted by Gasteiger charge is 2.05. The zero-order valence-electron chi connectivity index (χ0n) is 9.24. The van der Waals surface area contributed by atoms with Crippen LogP contribution in [0.5, 0.6) is 0 Å². The summed E-state index contributed by atoms with van der Waals surface area (Å²) in [6, 6.07) is 6.44. The van der Waals surface area contributed by atoms with Crippen molar-refractivity contribution in [3.8, 4) is 11.4 Å². The predicted molar refractivity (Wildman–Crippen MR) is 67.9 cm³/mol. The van der Waals surface area contributed by atoms with Crippen LogP contribution in [0.4, 0.5) is 4.39 Å². The van der Waals surface area contributed by atoms with Crippen LogP contribution in [0, 0.1) is 5.82 Å². The minimum atomic E-state index is -0.308. The molecule has 0 aliphatic heterocycles. The molecule has 0 saturated carbocycles. The summed E-state index contributed by atoms with van der Waals surface area (Å²) in [7, 11) is 1.85. The Balaban J connectivity index is 2.41. The van der Waals surface area contributed by atoms with Gasteiger partial charge in [-0.2, -0.15) is 0 Å². The van der Waals surface area contributed by atoms with Gasteiger partial charge >= 0.3 is 0 Å². The molecule has 88 valence electrons. The number of nitrogens with one attached hydrogen (secondary N) is 1. The lowest BCUT2D eigenvalue weighted by atomic mass is 10.2. The molecule has 0 amide bonds. The maximum absolute atomic E-state index is 13.3. The van der Waals surface area contributed by atoms with Crippen molar-refractivity contribution in [3.63, 3.8) is 0 Å². The zero-order valence-corrected chi connectivity index (χ0v) is 10.8. The van der Waals surface area contributed by atoms with Crippen molar-refractivity contribution in [2.24, 2.45) is 0 Å². The van der Waals surface area contributed by atoms with Gasteiger partial charge in [0.15, 0.2) is 5.82 Å². The Bertz CT molecular complexity index is 511. The smallest absolute Gasteiger partial charge is 0.159 e. The fourth-order valence-electron chi connectivity index (χ4n) is 1.50. The number of hydrogen-bond acceptors (Lipinski definition) is 3. The average Bonchev–Trinajstić information content (AvgIpc) is 2.28. The number of benzene rings is 1. The highest BCUT2D eigenvalue weighted by Crippen LogP contribution is 2.21. The van der Waals surface area contributed by atoms with Gasteiger partial charge in [0.1, 0.15) is 5.82 Å². The monoisotopic (exact) mass is 295 g/mol. The summed E-state index contributed by atoms with van der Waals surface area (Å²) in [6.45, 7) is 0.659. The van der Waals surface area contributed by atoms with Gasteiger partial charge in [0, 0.05) is 22.8 Å². The highest BCUT2D eigenvalue weighted by molar-refractivity contribution is 9.10. The minimum absolute atomic E-state index is 0.308. The van der Waals surface area contributed by atoms with E-state index in [9.17, 15) is 4.39 Å². The summed E-state index contributed by atoms with van der Waals surface area (Å²) in [4.78, 5) is 8.50. The van der Waals surface area contributed by atoms with Gasteiger partial charge in [-0.1, -0.05) is 15.9 Å². The van der Waals surface area contributed by atoms with Gasteiger partial charge in [-0.25, -0.2) is 14.4 Å². The van der Waals surface area contributed by atoms with E-state index in [1.165, 1.54) is 12.1 Å². The maximum Gasteiger partial charge on any atom is 0.159 e. The Kier molecular flexibility index (Phi) is 3.81. The predicted octanol–water partition coefficient (Wildman–Crippen LogP) is 2.76. The van der Waals surface area contributed by atoms with E-state index in [4.69, 9.17) is 0 Å². The van der Waals surface area contributed by atoms with Gasteiger partial charge < -0.3 is 5.32 Å². The second-order valence-electron chi connectivity index (χ2n) is 3.56. The lowest BCUT2D eigenvalue weighted by Gasteiger charge is -2.04. The van der Waals surface area contributed by atoms with Crippen LogP contribution in [0.1, 0.15) is 5.69 Å². The summed E-state index contributed by atoms with van der Waals surface area (Å²) in [5.41, 5.74) is 1.53. The van der Waals surface area contributed by atoms with Crippen molar-refractivity contribution in [2.75, 3.05) is 7.05 Å². The number of rotatable bonds is 3. The van der Waals surface area contributed by atoms with Gasteiger partial charge in [0.2, 0.25) is 0 Å². The quantitative estimate of drug-likeness (QED) is 0.946. The van der Waals surface area contributed by atoms with Crippen molar-refractivity contribution in [3.05, 3.63) is 46.4 Å². The van der Waals surface area contributed by atoms with Crippen molar-refractivity contribution >= 4 is 15.9 Å². The molecule has 1 N–H and O–H groups in total. The van der Waals surface area contributed by atoms with Crippen molar-refractivity contribution in [1.29, 1.82) is 0 Å². The SMILES string of the molecule is CNCc1ccnc(-c2cc(F)cc(Br)c2)n1. The molecular formula is C12H11BrFN3. The number of hydrogen-bond donors (Lipinski definition) is 1. The summed E-state index contributed by atoms with van der Waals surface area (Å²) >= 11 is 3.25. The third-order valence-electron chi connectivity index (χ3n) is 2.19. The number of halogens is 2. The van der Waals surface area contributed by atoms with E-state index in [0.29, 0.717) is 22.4 Å². The van der Waals surface area contributed by atoms with Crippen LogP contribution in [0.2, 0.25) is 0 Å². The van der Waals surface area contributed by atoms with Crippen LogP contribution in [-0.2, 0) is 6.54 Å². The molecule has 2 rings (SSSR count). The first-order chi connectivity index (χ1) is 8.19. The summed E-state index contributed by atoms with van der Waals surface area (Å²) in [5, 5.41) is 3.01. The summed E-state index contributed by atoms with van der Waals surface area (Å²) in [6.07, 6.45) is 1.67. The molecule has 1 aromatic heterocycles. The molecule has 0 spiro atoms. The first-order valence-electron chi connectivity index (χ1n) is 5.12. The molecule has 3 nitrogen and oxygen atoms in total. The minimum Gasteiger partial charge on any atom is -0.314 e. The molecular weight excluding hydrogens is 285 g/mol. The number of aromatic nitrogens is 2. The molecule has 2 aromatic rings. The Hall–Kier alpha value is -1.33. The molecule has 1 heterocycles. The van der Waals surface area contributed by atoms with Crippen molar-refractivity contribution in [2.45, 2.75) is 6.54 Å². The topological polar surface area (TPSA) is 37.8 Å². The van der Waals surface area contributed by atoms with E-state index in [1.54, 1.807) is 12.3 Å². The zero-order chi connectivity index (χ0) is 12.3. The molecule has 0 radical (unpaired) electrons. The third kappa shape index (κ3) is 3.08. The van der Waals surface area contributed by atoms with E-state index in [2.05, 4.69) is 31.2 Å². The average molecular weight is 296 g/mol. The highest BCUT2D eigenvalue weighted by atomic mass is 79.9. The summed E-state index contributed by atoms with van der Waals surface area (Å²) in [5.74, 6) is 0.218. The van der Waals surface area contributed by atoms with Gasteiger partial charge in [-0.05, 0) is 31.3 Å². The van der Waals surface area contributed by atoms with E-state index in [0.717, 1.165) is 5.69 Å². The maximum atomic E-state index is 13.3. The third-order valence-corrected chi connectivity index (χ3v) is 2.65. The van der Waals surface area contributed by atoms with Gasteiger partial charge in [0.25, 0.3) is 0 Å². The molecule has 0 aliphatic carbocycles. The summed E-state index contributed by atoms with van der Waals surface area (Å²) < 4.78 is 13.9. The lowest BCUT2D eigenvalue weighted by Crippen LogP contribution is -2.07. The van der Waals surface area contributed by atoms with Crippen LogP contribution >= 0.6 is 15.9 Å². The van der Waals surface area contributed by atoms with Crippen LogP contribution < -0.4 is 5.32 Å². The molecule has 17 heavy (non-hydrogen) atoms. The van der Waals surface area contributed by atoms with E-state index in [-0.39, 0.29) is 5.82 Å². The molecule has 0 bridgehead atoms. The Morgan fingerprint density at radius 1 is 1.35 bits per heavy atom. The molecule has 0 unspecified atom stereocenters. The van der Waals surface area contributed by atoms with Crippen LogP contribution in [0.25, 0.3) is 11.4 Å². The van der Waals surface area contributed by atoms with Crippen LogP contribution in [0.3, 0.4) is 0 Å². The van der Waals surface area contributed by atoms with Gasteiger partial charge in [-0.3, -0.25) is 0 Å². The fraction of sp³-hybridized carbons (Fsp3) is 0.167. The Labute approximate surface area is 107 Å².